The molecule has 0 spiro atoms. The molecule has 4 nitrogen and oxygen atoms in total. The van der Waals surface area contributed by atoms with Crippen molar-refractivity contribution in [2.75, 3.05) is 5.32 Å². The van der Waals surface area contributed by atoms with Crippen molar-refractivity contribution in [2.45, 2.75) is 13.8 Å². The van der Waals surface area contributed by atoms with E-state index in [0.717, 1.165) is 15.0 Å². The molecular formula is C13H12IN3O. The van der Waals surface area contributed by atoms with E-state index in [1.165, 1.54) is 0 Å². The van der Waals surface area contributed by atoms with Crippen LogP contribution < -0.4 is 5.32 Å². The van der Waals surface area contributed by atoms with Crippen molar-refractivity contribution in [3.63, 3.8) is 0 Å². The summed E-state index contributed by atoms with van der Waals surface area (Å²) >= 11 is 2.19. The van der Waals surface area contributed by atoms with Gasteiger partial charge in [0, 0.05) is 3.57 Å². The molecule has 1 amide bonds. The zero-order valence-corrected chi connectivity index (χ0v) is 12.2. The number of anilines is 1. The highest BCUT2D eigenvalue weighted by Gasteiger charge is 2.12. The fraction of sp³-hybridized carbons (Fsp3) is 0.154. The van der Waals surface area contributed by atoms with Crippen LogP contribution in [0.3, 0.4) is 0 Å². The molecule has 0 unspecified atom stereocenters. The third-order valence-corrected chi connectivity index (χ3v) is 3.41. The highest BCUT2D eigenvalue weighted by molar-refractivity contribution is 14.1. The fourth-order valence-electron chi connectivity index (χ4n) is 1.53. The van der Waals surface area contributed by atoms with Gasteiger partial charge in [-0.1, -0.05) is 12.1 Å². The Morgan fingerprint density at radius 2 is 1.94 bits per heavy atom. The number of rotatable bonds is 2. The largest absolute Gasteiger partial charge is 0.321 e. The molecule has 1 N–H and O–H groups in total. The molecule has 0 aliphatic rings. The van der Waals surface area contributed by atoms with E-state index in [-0.39, 0.29) is 5.91 Å². The number of nitrogens with one attached hydrogen (secondary N) is 1. The highest BCUT2D eigenvalue weighted by atomic mass is 127. The summed E-state index contributed by atoms with van der Waals surface area (Å²) < 4.78 is 1.000. The number of halogens is 1. The molecule has 0 bridgehead atoms. The van der Waals surface area contributed by atoms with Gasteiger partial charge in [0.15, 0.2) is 0 Å². The molecule has 0 aliphatic heterocycles. The molecule has 0 aliphatic carbocycles. The Morgan fingerprint density at radius 3 is 2.67 bits per heavy atom. The molecule has 1 aromatic carbocycles. The van der Waals surface area contributed by atoms with Gasteiger partial charge in [0.05, 0.1) is 22.6 Å². The Bertz CT molecular complexity index is 599. The van der Waals surface area contributed by atoms with Crippen LogP contribution in [-0.2, 0) is 0 Å². The second-order valence-electron chi connectivity index (χ2n) is 3.92. The smallest absolute Gasteiger partial charge is 0.257 e. The average molecular weight is 353 g/mol. The number of aryl methyl sites for hydroxylation is 2. The maximum absolute atomic E-state index is 12.2. The van der Waals surface area contributed by atoms with Crippen molar-refractivity contribution >= 4 is 34.2 Å². The second-order valence-corrected chi connectivity index (χ2v) is 5.08. The van der Waals surface area contributed by atoms with Gasteiger partial charge >= 0.3 is 0 Å². The van der Waals surface area contributed by atoms with E-state index in [1.54, 1.807) is 13.0 Å². The normalized spacial score (nSPS) is 10.2. The third-order valence-electron chi connectivity index (χ3n) is 2.47. The maximum Gasteiger partial charge on any atom is 0.257 e. The first kappa shape index (κ1) is 12.9. The number of hydrogen-bond acceptors (Lipinski definition) is 3. The van der Waals surface area contributed by atoms with Crippen LogP contribution in [0.2, 0.25) is 0 Å². The summed E-state index contributed by atoms with van der Waals surface area (Å²) in [5.41, 5.74) is 2.72. The van der Waals surface area contributed by atoms with E-state index in [4.69, 9.17) is 0 Å². The van der Waals surface area contributed by atoms with Crippen LogP contribution in [0.1, 0.15) is 21.7 Å². The third kappa shape index (κ3) is 2.84. The molecule has 18 heavy (non-hydrogen) atoms. The second kappa shape index (κ2) is 5.43. The lowest BCUT2D eigenvalue weighted by Crippen LogP contribution is -2.15. The summed E-state index contributed by atoms with van der Waals surface area (Å²) in [4.78, 5) is 12.2. The van der Waals surface area contributed by atoms with Crippen LogP contribution in [-0.4, -0.2) is 16.1 Å². The SMILES string of the molecule is Cc1cc(C(=O)Nc2ccccc2I)c(C)nn1. The Kier molecular flexibility index (Phi) is 3.90. The lowest BCUT2D eigenvalue weighted by Gasteiger charge is -2.08. The van der Waals surface area contributed by atoms with Crippen LogP contribution >= 0.6 is 22.6 Å². The van der Waals surface area contributed by atoms with E-state index in [1.807, 2.05) is 31.2 Å². The molecule has 92 valence electrons. The predicted molar refractivity (Wildman–Crippen MR) is 78.6 cm³/mol. The molecule has 5 heteroatoms. The van der Waals surface area contributed by atoms with Gasteiger partial charge in [-0.2, -0.15) is 10.2 Å². The quantitative estimate of drug-likeness (QED) is 0.845. The summed E-state index contributed by atoms with van der Waals surface area (Å²) in [7, 11) is 0. The highest BCUT2D eigenvalue weighted by Crippen LogP contribution is 2.18. The minimum absolute atomic E-state index is 0.158. The van der Waals surface area contributed by atoms with E-state index in [0.29, 0.717) is 11.3 Å². The minimum Gasteiger partial charge on any atom is -0.321 e. The number of carbonyl (C=O) groups is 1. The molecule has 0 radical (unpaired) electrons. The van der Waals surface area contributed by atoms with Gasteiger partial charge in [0.2, 0.25) is 0 Å². The number of amides is 1. The van der Waals surface area contributed by atoms with Gasteiger partial charge in [-0.25, -0.2) is 0 Å². The molecule has 1 heterocycles. The number of benzene rings is 1. The summed E-state index contributed by atoms with van der Waals surface area (Å²) in [6.07, 6.45) is 0. The first-order valence-electron chi connectivity index (χ1n) is 5.45. The lowest BCUT2D eigenvalue weighted by molar-refractivity contribution is 0.102. The Balaban J connectivity index is 2.28. The van der Waals surface area contributed by atoms with Crippen LogP contribution in [0.5, 0.6) is 0 Å². The van der Waals surface area contributed by atoms with Gasteiger partial charge in [0.1, 0.15) is 0 Å². The number of aromatic nitrogens is 2. The van der Waals surface area contributed by atoms with E-state index >= 15 is 0 Å². The lowest BCUT2D eigenvalue weighted by atomic mass is 10.2. The standard InChI is InChI=1S/C13H12IN3O/c1-8-7-10(9(2)17-16-8)13(18)15-12-6-4-3-5-11(12)14/h3-7H,1-2H3,(H,15,18). The van der Waals surface area contributed by atoms with Crippen molar-refractivity contribution in [1.29, 1.82) is 0 Å². The van der Waals surface area contributed by atoms with E-state index in [9.17, 15) is 4.79 Å². The van der Waals surface area contributed by atoms with Gasteiger partial charge in [-0.3, -0.25) is 4.79 Å². The van der Waals surface area contributed by atoms with Crippen molar-refractivity contribution in [3.05, 3.63) is 50.9 Å². The molecule has 0 fully saturated rings. The summed E-state index contributed by atoms with van der Waals surface area (Å²) in [5, 5.41) is 10.7. The summed E-state index contributed by atoms with van der Waals surface area (Å²) in [6, 6.07) is 9.38. The molecule has 2 aromatic rings. The van der Waals surface area contributed by atoms with Gasteiger partial charge in [-0.05, 0) is 54.6 Å². The number of carbonyl (C=O) groups excluding carboxylic acids is 1. The molecule has 0 saturated carbocycles. The van der Waals surface area contributed by atoms with Crippen LogP contribution in [0.15, 0.2) is 30.3 Å². The van der Waals surface area contributed by atoms with Crippen LogP contribution in [0.25, 0.3) is 0 Å². The zero-order chi connectivity index (χ0) is 13.1. The Morgan fingerprint density at radius 1 is 1.22 bits per heavy atom. The summed E-state index contributed by atoms with van der Waals surface area (Å²) in [6.45, 7) is 3.59. The molecule has 0 saturated heterocycles. The summed E-state index contributed by atoms with van der Waals surface area (Å²) in [5.74, 6) is -0.158. The monoisotopic (exact) mass is 353 g/mol. The number of hydrogen-bond donors (Lipinski definition) is 1. The van der Waals surface area contributed by atoms with Crippen molar-refractivity contribution in [1.82, 2.24) is 10.2 Å². The molecule has 2 rings (SSSR count). The van der Waals surface area contributed by atoms with Gasteiger partial charge < -0.3 is 5.32 Å². The van der Waals surface area contributed by atoms with Crippen molar-refractivity contribution < 1.29 is 4.79 Å². The zero-order valence-electron chi connectivity index (χ0n) is 10.1. The Labute approximate surface area is 119 Å². The van der Waals surface area contributed by atoms with E-state index < -0.39 is 0 Å². The molecular weight excluding hydrogens is 341 g/mol. The Hall–Kier alpha value is -1.50. The van der Waals surface area contributed by atoms with Gasteiger partial charge in [0.25, 0.3) is 5.91 Å². The molecule has 0 atom stereocenters. The van der Waals surface area contributed by atoms with Crippen LogP contribution in [0, 0.1) is 17.4 Å². The van der Waals surface area contributed by atoms with Crippen molar-refractivity contribution in [3.8, 4) is 0 Å². The number of nitrogens with zero attached hydrogens (tertiary/aromatic N) is 2. The minimum atomic E-state index is -0.158. The number of para-hydroxylation sites is 1. The predicted octanol–water partition coefficient (Wildman–Crippen LogP) is 2.95. The first-order valence-corrected chi connectivity index (χ1v) is 6.52. The maximum atomic E-state index is 12.2. The van der Waals surface area contributed by atoms with Crippen LogP contribution in [0.4, 0.5) is 5.69 Å². The van der Waals surface area contributed by atoms with E-state index in [2.05, 4.69) is 38.1 Å². The van der Waals surface area contributed by atoms with Crippen molar-refractivity contribution in [2.24, 2.45) is 0 Å². The topological polar surface area (TPSA) is 54.9 Å². The molecule has 1 aromatic heterocycles. The first-order chi connectivity index (χ1) is 8.58. The van der Waals surface area contributed by atoms with Gasteiger partial charge in [-0.15, -0.1) is 0 Å². The average Bonchev–Trinajstić information content (AvgIpc) is 2.35. The fourth-order valence-corrected chi connectivity index (χ4v) is 2.05.